The lowest BCUT2D eigenvalue weighted by molar-refractivity contribution is 0.627. The third-order valence-corrected chi connectivity index (χ3v) is 5.29. The summed E-state index contributed by atoms with van der Waals surface area (Å²) in [4.78, 5) is 0. The molecule has 0 saturated heterocycles. The van der Waals surface area contributed by atoms with Crippen molar-refractivity contribution in [3.63, 3.8) is 0 Å². The van der Waals surface area contributed by atoms with Crippen molar-refractivity contribution in [3.8, 4) is 0 Å². The smallest absolute Gasteiger partial charge is 0.123 e. The van der Waals surface area contributed by atoms with Crippen LogP contribution in [0.5, 0.6) is 0 Å². The quantitative estimate of drug-likeness (QED) is 0.674. The second-order valence-electron chi connectivity index (χ2n) is 5.53. The molecule has 0 spiro atoms. The molecule has 0 radical (unpaired) electrons. The summed E-state index contributed by atoms with van der Waals surface area (Å²) in [6.07, 6.45) is 0.971. The zero-order valence-corrected chi connectivity index (χ0v) is 11.9. The summed E-state index contributed by atoms with van der Waals surface area (Å²) >= 11 is 0. The summed E-state index contributed by atoms with van der Waals surface area (Å²) in [5, 5.41) is 1.57. The Kier molecular flexibility index (Phi) is 4.08. The molecule has 0 atom stereocenters. The van der Waals surface area contributed by atoms with Gasteiger partial charge in [-0.2, -0.15) is 0 Å². The maximum atomic E-state index is 12.8. The number of allylic oxidation sites excluding steroid dienone is 2. The normalized spacial score (nSPS) is 11.4. The van der Waals surface area contributed by atoms with Gasteiger partial charge in [-0.1, -0.05) is 42.5 Å². The Morgan fingerprint density at radius 2 is 1.56 bits per heavy atom. The Morgan fingerprint density at radius 1 is 1.06 bits per heavy atom. The van der Waals surface area contributed by atoms with E-state index in [0.29, 0.717) is 0 Å². The van der Waals surface area contributed by atoms with Crippen molar-refractivity contribution in [3.05, 3.63) is 46.4 Å². The van der Waals surface area contributed by atoms with Gasteiger partial charge in [-0.05, 0) is 38.0 Å². The number of hydrogen-bond acceptors (Lipinski definition) is 0. The molecular formula is C14H21FSi. The van der Waals surface area contributed by atoms with Crippen molar-refractivity contribution >= 4 is 8.07 Å². The van der Waals surface area contributed by atoms with E-state index in [0.717, 1.165) is 6.42 Å². The number of benzene rings is 1. The molecule has 0 aliphatic carbocycles. The summed E-state index contributed by atoms with van der Waals surface area (Å²) in [7, 11) is -1.26. The Hall–Kier alpha value is -0.893. The third kappa shape index (κ3) is 3.60. The van der Waals surface area contributed by atoms with E-state index in [1.165, 1.54) is 11.1 Å². The van der Waals surface area contributed by atoms with Gasteiger partial charge in [-0.25, -0.2) is 4.39 Å². The highest BCUT2D eigenvalue weighted by atomic mass is 28.3. The van der Waals surface area contributed by atoms with Gasteiger partial charge in [0.15, 0.2) is 0 Å². The third-order valence-electron chi connectivity index (χ3n) is 2.80. The zero-order chi connectivity index (χ0) is 12.3. The van der Waals surface area contributed by atoms with Crippen LogP contribution in [-0.4, -0.2) is 8.07 Å². The lowest BCUT2D eigenvalue weighted by Gasteiger charge is -2.23. The molecule has 1 aromatic carbocycles. The topological polar surface area (TPSA) is 0 Å². The molecule has 1 aromatic rings. The Bertz CT molecular complexity index is 378. The second-order valence-corrected chi connectivity index (χ2v) is 10.6. The lowest BCUT2D eigenvalue weighted by atomic mass is 10.1. The second kappa shape index (κ2) is 4.96. The van der Waals surface area contributed by atoms with Gasteiger partial charge in [0.25, 0.3) is 0 Å². The SMILES string of the molecule is CC(C)=C(Cc1ccc(F)cc1)[Si](C)(C)C. The first-order chi connectivity index (χ1) is 7.30. The maximum absolute atomic E-state index is 12.8. The molecule has 0 bridgehead atoms. The highest BCUT2D eigenvalue weighted by molar-refractivity contribution is 6.83. The van der Waals surface area contributed by atoms with Crippen molar-refractivity contribution in [2.24, 2.45) is 0 Å². The zero-order valence-electron chi connectivity index (χ0n) is 10.9. The van der Waals surface area contributed by atoms with Crippen LogP contribution in [0.2, 0.25) is 19.6 Å². The Balaban J connectivity index is 2.95. The predicted octanol–water partition coefficient (Wildman–Crippen LogP) is 4.58. The predicted molar refractivity (Wildman–Crippen MR) is 71.8 cm³/mol. The van der Waals surface area contributed by atoms with Crippen LogP contribution in [0.4, 0.5) is 4.39 Å². The average Bonchev–Trinajstić information content (AvgIpc) is 2.14. The monoisotopic (exact) mass is 236 g/mol. The molecule has 0 aliphatic heterocycles. The van der Waals surface area contributed by atoms with Crippen LogP contribution >= 0.6 is 0 Å². The largest absolute Gasteiger partial charge is 0.207 e. The van der Waals surface area contributed by atoms with Crippen LogP contribution in [0.25, 0.3) is 0 Å². The van der Waals surface area contributed by atoms with Crippen LogP contribution in [-0.2, 0) is 6.42 Å². The van der Waals surface area contributed by atoms with Crippen LogP contribution in [0, 0.1) is 5.82 Å². The number of rotatable bonds is 3. The van der Waals surface area contributed by atoms with Gasteiger partial charge in [0, 0.05) is 0 Å². The van der Waals surface area contributed by atoms with Crippen molar-refractivity contribution in [2.45, 2.75) is 39.9 Å². The van der Waals surface area contributed by atoms with E-state index in [1.54, 1.807) is 17.3 Å². The number of hydrogen-bond donors (Lipinski definition) is 0. The first-order valence-corrected chi connectivity index (χ1v) is 9.22. The molecule has 0 amide bonds. The molecule has 1 rings (SSSR count). The van der Waals surface area contributed by atoms with E-state index in [1.807, 2.05) is 12.1 Å². The van der Waals surface area contributed by atoms with Gasteiger partial charge in [-0.15, -0.1) is 0 Å². The first-order valence-electron chi connectivity index (χ1n) is 5.72. The van der Waals surface area contributed by atoms with Gasteiger partial charge in [0.2, 0.25) is 0 Å². The highest BCUT2D eigenvalue weighted by Gasteiger charge is 2.20. The minimum Gasteiger partial charge on any atom is -0.207 e. The molecule has 88 valence electrons. The van der Waals surface area contributed by atoms with Crippen LogP contribution in [0.15, 0.2) is 35.0 Å². The fourth-order valence-corrected chi connectivity index (χ4v) is 4.23. The fraction of sp³-hybridized carbons (Fsp3) is 0.429. The molecule has 16 heavy (non-hydrogen) atoms. The van der Waals surface area contributed by atoms with Crippen molar-refractivity contribution in [1.29, 1.82) is 0 Å². The molecule has 0 saturated carbocycles. The summed E-state index contributed by atoms with van der Waals surface area (Å²) in [5.41, 5.74) is 2.63. The van der Waals surface area contributed by atoms with Crippen LogP contribution in [0.3, 0.4) is 0 Å². The van der Waals surface area contributed by atoms with E-state index in [9.17, 15) is 4.39 Å². The van der Waals surface area contributed by atoms with Crippen molar-refractivity contribution in [1.82, 2.24) is 0 Å². The number of halogens is 1. The van der Waals surface area contributed by atoms with E-state index < -0.39 is 8.07 Å². The first kappa shape index (κ1) is 13.2. The minimum atomic E-state index is -1.26. The molecule has 0 fully saturated rings. The lowest BCUT2D eigenvalue weighted by Crippen LogP contribution is -2.26. The van der Waals surface area contributed by atoms with E-state index >= 15 is 0 Å². The van der Waals surface area contributed by atoms with Gasteiger partial charge in [-0.3, -0.25) is 0 Å². The minimum absolute atomic E-state index is 0.157. The van der Waals surface area contributed by atoms with Crippen molar-refractivity contribution < 1.29 is 4.39 Å². The van der Waals surface area contributed by atoms with Crippen LogP contribution < -0.4 is 0 Å². The summed E-state index contributed by atoms with van der Waals surface area (Å²) in [6.45, 7) is 11.4. The van der Waals surface area contributed by atoms with E-state index in [4.69, 9.17) is 0 Å². The van der Waals surface area contributed by atoms with Gasteiger partial charge < -0.3 is 0 Å². The molecule has 0 aromatic heterocycles. The van der Waals surface area contributed by atoms with Crippen LogP contribution in [0.1, 0.15) is 19.4 Å². The fourth-order valence-electron chi connectivity index (χ4n) is 2.00. The Labute approximate surface area is 99.2 Å². The molecular weight excluding hydrogens is 215 g/mol. The maximum Gasteiger partial charge on any atom is 0.123 e. The molecule has 0 unspecified atom stereocenters. The van der Waals surface area contributed by atoms with Crippen molar-refractivity contribution in [2.75, 3.05) is 0 Å². The van der Waals surface area contributed by atoms with E-state index in [-0.39, 0.29) is 5.82 Å². The van der Waals surface area contributed by atoms with Gasteiger partial charge in [0.05, 0.1) is 8.07 Å². The van der Waals surface area contributed by atoms with Gasteiger partial charge >= 0.3 is 0 Å². The molecule has 0 nitrogen and oxygen atoms in total. The summed E-state index contributed by atoms with van der Waals surface area (Å²) < 4.78 is 12.8. The van der Waals surface area contributed by atoms with E-state index in [2.05, 4.69) is 33.5 Å². The average molecular weight is 236 g/mol. The Morgan fingerprint density at radius 3 is 1.94 bits per heavy atom. The molecule has 0 aliphatic rings. The molecule has 0 N–H and O–H groups in total. The molecule has 2 heteroatoms. The summed E-state index contributed by atoms with van der Waals surface area (Å²) in [6, 6.07) is 6.86. The van der Waals surface area contributed by atoms with Gasteiger partial charge in [0.1, 0.15) is 5.82 Å². The highest BCUT2D eigenvalue weighted by Crippen LogP contribution is 2.23. The molecule has 0 heterocycles. The summed E-state index contributed by atoms with van der Waals surface area (Å²) in [5.74, 6) is -0.157. The standard InChI is InChI=1S/C14H21FSi/c1-11(2)14(16(3,4)5)10-12-6-8-13(15)9-7-12/h6-9H,10H2,1-5H3.